The monoisotopic (exact) mass is 533 g/mol. The van der Waals surface area contributed by atoms with Gasteiger partial charge >= 0.3 is 0 Å². The average Bonchev–Trinajstić information content (AvgIpc) is 3.42. The Bertz CT molecular complexity index is 1550. The zero-order valence-corrected chi connectivity index (χ0v) is 22.4. The van der Waals surface area contributed by atoms with Gasteiger partial charge in [0, 0.05) is 23.4 Å². The van der Waals surface area contributed by atoms with Gasteiger partial charge < -0.3 is 20.2 Å². The van der Waals surface area contributed by atoms with E-state index in [1.807, 2.05) is 31.2 Å². The van der Waals surface area contributed by atoms with Gasteiger partial charge in [-0.2, -0.15) is 0 Å². The first-order chi connectivity index (χ1) is 18.3. The number of hydrogen-bond donors (Lipinski definition) is 1. The Hall–Kier alpha value is -3.76. The number of aromatic nitrogens is 3. The molecule has 4 aromatic rings. The maximum absolute atomic E-state index is 12.8. The van der Waals surface area contributed by atoms with Crippen LogP contribution in [0.15, 0.2) is 65.6 Å². The number of nitrogens with zero attached hydrogens (tertiary/aromatic N) is 4. The van der Waals surface area contributed by atoms with Crippen molar-refractivity contribution >= 4 is 32.5 Å². The van der Waals surface area contributed by atoms with Crippen LogP contribution < -0.4 is 14.9 Å². The number of anilines is 2. The van der Waals surface area contributed by atoms with Crippen molar-refractivity contribution < 1.29 is 18.0 Å². The normalized spacial score (nSPS) is 14.2. The summed E-state index contributed by atoms with van der Waals surface area (Å²) in [6.45, 7) is 4.92. The highest BCUT2D eigenvalue weighted by molar-refractivity contribution is 7.91. The second-order valence-electron chi connectivity index (χ2n) is 9.54. The van der Waals surface area contributed by atoms with E-state index in [0.29, 0.717) is 33.7 Å². The Balaban J connectivity index is 1.34. The van der Waals surface area contributed by atoms with Crippen molar-refractivity contribution in [1.82, 2.24) is 15.0 Å². The van der Waals surface area contributed by atoms with Gasteiger partial charge in [-0.05, 0) is 86.1 Å². The Morgan fingerprint density at radius 3 is 2.50 bits per heavy atom. The molecule has 198 valence electrons. The summed E-state index contributed by atoms with van der Waals surface area (Å²) in [6, 6.07) is 17.8. The van der Waals surface area contributed by atoms with Gasteiger partial charge in [-0.25, -0.2) is 13.4 Å². The van der Waals surface area contributed by atoms with E-state index in [-0.39, 0.29) is 16.6 Å². The van der Waals surface area contributed by atoms with Crippen molar-refractivity contribution in [3.63, 3.8) is 0 Å². The highest BCUT2D eigenvalue weighted by Gasteiger charge is 2.19. The van der Waals surface area contributed by atoms with Gasteiger partial charge in [0.05, 0.1) is 22.9 Å². The van der Waals surface area contributed by atoms with Gasteiger partial charge in [0.2, 0.25) is 0 Å². The Morgan fingerprint density at radius 2 is 1.79 bits per heavy atom. The number of hydrogen-bond acceptors (Lipinski definition) is 8. The molecule has 0 atom stereocenters. The van der Waals surface area contributed by atoms with E-state index in [1.165, 1.54) is 12.8 Å². The molecule has 1 aromatic heterocycles. The Labute approximate surface area is 222 Å². The number of ether oxygens (including phenoxy) is 1. The van der Waals surface area contributed by atoms with Crippen LogP contribution in [-0.2, 0) is 9.84 Å². The SMILES string of the molecule is COc1cc2nc(Nc3ccc(S(=O)(=O)CCCN4CCCC4)cc3)n[n+]([O-])c2cc1-c1ccccc1C. The van der Waals surface area contributed by atoms with E-state index < -0.39 is 9.84 Å². The average molecular weight is 534 g/mol. The van der Waals surface area contributed by atoms with Crippen LogP contribution in [0.4, 0.5) is 11.6 Å². The third-order valence-electron chi connectivity index (χ3n) is 6.91. The number of sulfone groups is 1. The summed E-state index contributed by atoms with van der Waals surface area (Å²) in [6.07, 6.45) is 3.00. The number of aryl methyl sites for hydroxylation is 1. The number of likely N-dealkylation sites (tertiary alicyclic amines) is 1. The maximum atomic E-state index is 12.8. The first-order valence-corrected chi connectivity index (χ1v) is 14.4. The largest absolute Gasteiger partial charge is 0.594 e. The number of fused-ring (bicyclic) bond motifs is 1. The lowest BCUT2D eigenvalue weighted by molar-refractivity contribution is -0.641. The van der Waals surface area contributed by atoms with E-state index in [2.05, 4.69) is 20.3 Å². The molecule has 2 heterocycles. The van der Waals surface area contributed by atoms with Crippen molar-refractivity contribution in [2.24, 2.45) is 0 Å². The van der Waals surface area contributed by atoms with Crippen LogP contribution in [0.3, 0.4) is 0 Å². The minimum atomic E-state index is -3.37. The molecule has 1 N–H and O–H groups in total. The molecule has 9 nitrogen and oxygen atoms in total. The summed E-state index contributed by atoms with van der Waals surface area (Å²) in [4.78, 5) is 7.62. The minimum Gasteiger partial charge on any atom is -0.594 e. The van der Waals surface area contributed by atoms with Gasteiger partial charge in [-0.3, -0.25) is 0 Å². The lowest BCUT2D eigenvalue weighted by atomic mass is 9.99. The lowest BCUT2D eigenvalue weighted by Gasteiger charge is -2.14. The molecule has 0 radical (unpaired) electrons. The van der Waals surface area contributed by atoms with Crippen LogP contribution in [0.2, 0.25) is 0 Å². The second-order valence-corrected chi connectivity index (χ2v) is 11.6. The van der Waals surface area contributed by atoms with Gasteiger partial charge in [0.25, 0.3) is 11.5 Å². The summed E-state index contributed by atoms with van der Waals surface area (Å²) in [5.41, 5.74) is 4.10. The number of nitrogens with one attached hydrogen (secondary N) is 1. The van der Waals surface area contributed by atoms with Crippen LogP contribution in [0.25, 0.3) is 22.2 Å². The van der Waals surface area contributed by atoms with Gasteiger partial charge in [-0.1, -0.05) is 24.3 Å². The van der Waals surface area contributed by atoms with E-state index in [0.717, 1.165) is 36.3 Å². The molecule has 1 saturated heterocycles. The molecule has 1 aliphatic rings. The van der Waals surface area contributed by atoms with Crippen molar-refractivity contribution in [3.05, 3.63) is 71.4 Å². The predicted molar refractivity (Wildman–Crippen MR) is 147 cm³/mol. The van der Waals surface area contributed by atoms with E-state index in [9.17, 15) is 13.6 Å². The smallest absolute Gasteiger partial charge is 0.295 e. The summed E-state index contributed by atoms with van der Waals surface area (Å²) >= 11 is 0. The number of methoxy groups -OCH3 is 1. The molecule has 1 fully saturated rings. The third kappa shape index (κ3) is 5.56. The fourth-order valence-corrected chi connectivity index (χ4v) is 6.16. The standard InChI is InChI=1S/C28H31N5O4S/c1-20-8-3-4-9-23(20)24-18-26-25(19-27(24)37-2)30-28(31-33(26)34)29-21-10-12-22(13-11-21)38(35,36)17-7-16-32-14-5-6-15-32/h3-4,8-13,18-19H,5-7,14-17H2,1-2H3,(H,29,30,31). The summed E-state index contributed by atoms with van der Waals surface area (Å²) in [5.74, 6) is 0.808. The minimum absolute atomic E-state index is 0.0967. The second kappa shape index (κ2) is 10.9. The maximum Gasteiger partial charge on any atom is 0.295 e. The predicted octanol–water partition coefficient (Wildman–Crippen LogP) is 4.25. The molecule has 0 bridgehead atoms. The van der Waals surface area contributed by atoms with Gasteiger partial charge in [-0.15, -0.1) is 0 Å². The van der Waals surface area contributed by atoms with E-state index in [4.69, 9.17) is 4.74 Å². The van der Waals surface area contributed by atoms with Gasteiger partial charge in [0.15, 0.2) is 9.84 Å². The summed E-state index contributed by atoms with van der Waals surface area (Å²) < 4.78 is 31.1. The molecule has 0 spiro atoms. The fourth-order valence-electron chi connectivity index (χ4n) is 4.86. The zero-order chi connectivity index (χ0) is 26.7. The molecule has 1 aliphatic heterocycles. The molecule has 5 rings (SSSR count). The number of rotatable bonds is 9. The molecule has 0 aliphatic carbocycles. The quantitative estimate of drug-likeness (QED) is 0.251. The Kier molecular flexibility index (Phi) is 7.44. The van der Waals surface area contributed by atoms with Crippen LogP contribution in [0, 0.1) is 12.1 Å². The zero-order valence-electron chi connectivity index (χ0n) is 21.6. The topological polar surface area (TPSA) is 111 Å². The number of benzene rings is 3. The van der Waals surface area contributed by atoms with Crippen molar-refractivity contribution in [2.75, 3.05) is 37.8 Å². The lowest BCUT2D eigenvalue weighted by Crippen LogP contribution is -2.33. The fraction of sp³-hybridized carbons (Fsp3) is 0.321. The molecule has 38 heavy (non-hydrogen) atoms. The first kappa shape index (κ1) is 25.9. The van der Waals surface area contributed by atoms with Crippen LogP contribution in [0.1, 0.15) is 24.8 Å². The van der Waals surface area contributed by atoms with Crippen LogP contribution in [0.5, 0.6) is 5.75 Å². The molecule has 0 amide bonds. The molecule has 0 unspecified atom stereocenters. The summed E-state index contributed by atoms with van der Waals surface area (Å²) in [7, 11) is -1.79. The first-order valence-electron chi connectivity index (χ1n) is 12.7. The van der Waals surface area contributed by atoms with Gasteiger partial charge in [0.1, 0.15) is 11.3 Å². The van der Waals surface area contributed by atoms with Crippen LogP contribution in [-0.4, -0.2) is 55.9 Å². The van der Waals surface area contributed by atoms with Crippen molar-refractivity contribution in [1.29, 1.82) is 0 Å². The molecular weight excluding hydrogens is 502 g/mol. The highest BCUT2D eigenvalue weighted by atomic mass is 32.2. The molecule has 0 saturated carbocycles. The summed E-state index contributed by atoms with van der Waals surface area (Å²) in [5, 5.41) is 19.9. The van der Waals surface area contributed by atoms with E-state index in [1.54, 1.807) is 43.5 Å². The third-order valence-corrected chi connectivity index (χ3v) is 8.72. The van der Waals surface area contributed by atoms with Crippen molar-refractivity contribution in [2.45, 2.75) is 31.1 Å². The van der Waals surface area contributed by atoms with E-state index >= 15 is 0 Å². The molecule has 10 heteroatoms. The molecule has 3 aromatic carbocycles. The van der Waals surface area contributed by atoms with Crippen LogP contribution >= 0.6 is 0 Å². The van der Waals surface area contributed by atoms with Crippen molar-refractivity contribution in [3.8, 4) is 16.9 Å². The molecular formula is C28H31N5O4S. The Morgan fingerprint density at radius 1 is 1.05 bits per heavy atom. The highest BCUT2D eigenvalue weighted by Crippen LogP contribution is 2.34.